The van der Waals surface area contributed by atoms with Gasteiger partial charge in [0, 0.05) is 6.92 Å². The van der Waals surface area contributed by atoms with Gasteiger partial charge in [-0.25, -0.2) is 4.98 Å². The Bertz CT molecular complexity index is 230. The number of rotatable bonds is 1. The minimum atomic E-state index is 0.258. The third-order valence-electron chi connectivity index (χ3n) is 1.30. The third kappa shape index (κ3) is 1.40. The highest BCUT2D eigenvalue weighted by atomic mass is 79.9. The third-order valence-corrected chi connectivity index (χ3v) is 1.72. The number of alkyl halides is 1. The zero-order valence-electron chi connectivity index (χ0n) is 6.31. The Morgan fingerprint density at radius 2 is 2.10 bits per heavy atom. The van der Waals surface area contributed by atoms with Crippen LogP contribution in [-0.4, -0.2) is 4.98 Å². The van der Waals surface area contributed by atoms with Gasteiger partial charge in [-0.2, -0.15) is 0 Å². The topological polar surface area (TPSA) is 26.0 Å². The summed E-state index contributed by atoms with van der Waals surface area (Å²) in [6.07, 6.45) is 0. The summed E-state index contributed by atoms with van der Waals surface area (Å²) < 4.78 is 5.32. The van der Waals surface area contributed by atoms with E-state index in [1.165, 1.54) is 0 Å². The molecule has 1 unspecified atom stereocenters. The first-order valence-corrected chi connectivity index (χ1v) is 4.11. The van der Waals surface area contributed by atoms with Crippen molar-refractivity contribution in [2.45, 2.75) is 25.6 Å². The maximum atomic E-state index is 5.32. The summed E-state index contributed by atoms with van der Waals surface area (Å²) in [6.45, 7) is 5.82. The summed E-state index contributed by atoms with van der Waals surface area (Å²) in [5, 5.41) is 0. The van der Waals surface area contributed by atoms with Crippen molar-refractivity contribution in [3.63, 3.8) is 0 Å². The number of hydrogen-bond donors (Lipinski definition) is 0. The van der Waals surface area contributed by atoms with Crippen molar-refractivity contribution >= 4 is 15.9 Å². The van der Waals surface area contributed by atoms with Crippen LogP contribution in [0.5, 0.6) is 0 Å². The van der Waals surface area contributed by atoms with E-state index in [2.05, 4.69) is 20.9 Å². The highest BCUT2D eigenvalue weighted by Crippen LogP contribution is 2.25. The Morgan fingerprint density at radius 1 is 1.50 bits per heavy atom. The Balaban J connectivity index is 3.03. The van der Waals surface area contributed by atoms with Gasteiger partial charge in [0.15, 0.2) is 5.89 Å². The number of aryl methyl sites for hydroxylation is 2. The van der Waals surface area contributed by atoms with Crippen molar-refractivity contribution in [2.24, 2.45) is 0 Å². The van der Waals surface area contributed by atoms with Crippen molar-refractivity contribution < 1.29 is 4.42 Å². The molecule has 2 nitrogen and oxygen atoms in total. The van der Waals surface area contributed by atoms with E-state index in [1.54, 1.807) is 0 Å². The molecule has 1 rings (SSSR count). The van der Waals surface area contributed by atoms with E-state index in [0.29, 0.717) is 0 Å². The molecule has 0 aliphatic rings. The lowest BCUT2D eigenvalue weighted by atomic mass is 10.3. The lowest BCUT2D eigenvalue weighted by molar-refractivity contribution is 0.477. The fraction of sp³-hybridized carbons (Fsp3) is 0.571. The summed E-state index contributed by atoms with van der Waals surface area (Å²) >= 11 is 3.41. The number of aromatic nitrogens is 1. The van der Waals surface area contributed by atoms with Gasteiger partial charge >= 0.3 is 0 Å². The molecule has 0 spiro atoms. The minimum absolute atomic E-state index is 0.258. The maximum Gasteiger partial charge on any atom is 0.191 e. The number of hydrogen-bond acceptors (Lipinski definition) is 2. The zero-order valence-corrected chi connectivity index (χ0v) is 7.90. The molecular formula is C7H10BrNO. The lowest BCUT2D eigenvalue weighted by Crippen LogP contribution is -1.82. The Kier molecular flexibility index (Phi) is 2.14. The lowest BCUT2D eigenvalue weighted by Gasteiger charge is -1.96. The quantitative estimate of drug-likeness (QED) is 0.657. The predicted octanol–water partition coefficient (Wildman–Crippen LogP) is 2.75. The van der Waals surface area contributed by atoms with Crippen LogP contribution in [-0.2, 0) is 0 Å². The van der Waals surface area contributed by atoms with E-state index in [1.807, 2.05) is 20.8 Å². The largest absolute Gasteiger partial charge is 0.445 e. The zero-order chi connectivity index (χ0) is 7.72. The molecule has 0 fully saturated rings. The minimum Gasteiger partial charge on any atom is -0.445 e. The van der Waals surface area contributed by atoms with E-state index in [9.17, 15) is 0 Å². The van der Waals surface area contributed by atoms with Gasteiger partial charge < -0.3 is 4.42 Å². The fourth-order valence-electron chi connectivity index (χ4n) is 0.916. The standard InChI is InChI=1S/C7H10BrNO/c1-4(8)7-5(2)9-6(3)10-7/h4H,1-3H3. The second-order valence-electron chi connectivity index (χ2n) is 2.30. The molecule has 56 valence electrons. The Hall–Kier alpha value is -0.310. The van der Waals surface area contributed by atoms with Gasteiger partial charge in [0.05, 0.1) is 10.5 Å². The van der Waals surface area contributed by atoms with Crippen molar-refractivity contribution in [3.8, 4) is 0 Å². The van der Waals surface area contributed by atoms with Crippen LogP contribution in [0.3, 0.4) is 0 Å². The van der Waals surface area contributed by atoms with Gasteiger partial charge in [0.1, 0.15) is 5.76 Å². The van der Waals surface area contributed by atoms with Gasteiger partial charge in [-0.3, -0.25) is 0 Å². The Morgan fingerprint density at radius 3 is 2.30 bits per heavy atom. The summed E-state index contributed by atoms with van der Waals surface area (Å²) in [5.41, 5.74) is 0.974. The first kappa shape index (κ1) is 7.79. The van der Waals surface area contributed by atoms with Gasteiger partial charge in [-0.15, -0.1) is 0 Å². The number of halogens is 1. The fourth-order valence-corrected chi connectivity index (χ4v) is 1.34. The number of oxazole rings is 1. The molecule has 0 saturated heterocycles. The Labute approximate surface area is 68.8 Å². The van der Waals surface area contributed by atoms with Crippen molar-refractivity contribution in [1.82, 2.24) is 4.98 Å². The predicted molar refractivity (Wildman–Crippen MR) is 43.3 cm³/mol. The molecule has 0 aromatic carbocycles. The normalized spacial score (nSPS) is 13.6. The average molecular weight is 204 g/mol. The monoisotopic (exact) mass is 203 g/mol. The van der Waals surface area contributed by atoms with Crippen molar-refractivity contribution in [1.29, 1.82) is 0 Å². The molecule has 1 atom stereocenters. The van der Waals surface area contributed by atoms with Crippen molar-refractivity contribution in [3.05, 3.63) is 17.3 Å². The molecule has 1 aromatic rings. The molecule has 0 radical (unpaired) electrons. The average Bonchev–Trinajstić information content (AvgIpc) is 2.10. The maximum absolute atomic E-state index is 5.32. The molecule has 0 aliphatic carbocycles. The first-order chi connectivity index (χ1) is 4.61. The molecule has 0 amide bonds. The molecule has 3 heteroatoms. The first-order valence-electron chi connectivity index (χ1n) is 3.19. The summed E-state index contributed by atoms with van der Waals surface area (Å²) in [4.78, 5) is 4.39. The van der Waals surface area contributed by atoms with Crippen LogP contribution in [0.2, 0.25) is 0 Å². The molecule has 0 N–H and O–H groups in total. The second-order valence-corrected chi connectivity index (χ2v) is 3.67. The molecule has 0 aliphatic heterocycles. The summed E-state index contributed by atoms with van der Waals surface area (Å²) in [6, 6.07) is 0. The summed E-state index contributed by atoms with van der Waals surface area (Å²) in [5.74, 6) is 1.66. The van der Waals surface area contributed by atoms with Crippen LogP contribution in [0, 0.1) is 13.8 Å². The van der Waals surface area contributed by atoms with Crippen molar-refractivity contribution in [2.75, 3.05) is 0 Å². The van der Waals surface area contributed by atoms with Crippen LogP contribution in [0.15, 0.2) is 4.42 Å². The van der Waals surface area contributed by atoms with E-state index in [-0.39, 0.29) is 4.83 Å². The SMILES string of the molecule is Cc1nc(C)c(C(C)Br)o1. The van der Waals surface area contributed by atoms with E-state index >= 15 is 0 Å². The molecular weight excluding hydrogens is 194 g/mol. The van der Waals surface area contributed by atoms with Gasteiger partial charge in [-0.05, 0) is 13.8 Å². The highest BCUT2D eigenvalue weighted by molar-refractivity contribution is 9.09. The molecule has 1 aromatic heterocycles. The number of nitrogens with zero attached hydrogens (tertiary/aromatic N) is 1. The van der Waals surface area contributed by atoms with Gasteiger partial charge in [-0.1, -0.05) is 15.9 Å². The summed E-state index contributed by atoms with van der Waals surface area (Å²) in [7, 11) is 0. The molecule has 10 heavy (non-hydrogen) atoms. The van der Waals surface area contributed by atoms with Crippen LogP contribution in [0.4, 0.5) is 0 Å². The van der Waals surface area contributed by atoms with Crippen LogP contribution >= 0.6 is 15.9 Å². The molecule has 0 saturated carbocycles. The second kappa shape index (κ2) is 2.74. The van der Waals surface area contributed by atoms with Gasteiger partial charge in [0.25, 0.3) is 0 Å². The van der Waals surface area contributed by atoms with E-state index < -0.39 is 0 Å². The van der Waals surface area contributed by atoms with Crippen LogP contribution in [0.25, 0.3) is 0 Å². The van der Waals surface area contributed by atoms with Gasteiger partial charge in [0.2, 0.25) is 0 Å². The van der Waals surface area contributed by atoms with E-state index in [0.717, 1.165) is 17.3 Å². The highest BCUT2D eigenvalue weighted by Gasteiger charge is 2.10. The van der Waals surface area contributed by atoms with Crippen LogP contribution < -0.4 is 0 Å². The molecule has 0 bridgehead atoms. The molecule has 1 heterocycles. The van der Waals surface area contributed by atoms with E-state index in [4.69, 9.17) is 4.42 Å². The smallest absolute Gasteiger partial charge is 0.191 e. The van der Waals surface area contributed by atoms with Crippen LogP contribution in [0.1, 0.15) is 29.1 Å².